The van der Waals surface area contributed by atoms with Gasteiger partial charge in [0.05, 0.1) is 13.2 Å². The predicted octanol–water partition coefficient (Wildman–Crippen LogP) is 8.33. The standard InChI is InChI=1S/C28H27F9O4/c29-20-8-17(15-4-6-16(7-5-15)26-38-12-18(13-39-26)14-2-1-3-14)9-21(30)24(20)27(33,34)40-19-10-22(31)25(23(32)11-19)41-28(35,36)37/h8-11,14-16,18,26H,1-7,12-13H2. The lowest BCUT2D eigenvalue weighted by Gasteiger charge is -2.41. The number of hydrogen-bond acceptors (Lipinski definition) is 4. The molecule has 0 radical (unpaired) electrons. The Labute approximate surface area is 229 Å². The summed E-state index contributed by atoms with van der Waals surface area (Å²) in [7, 11) is 0. The van der Waals surface area contributed by atoms with Crippen LogP contribution >= 0.6 is 0 Å². The molecule has 2 aliphatic carbocycles. The molecule has 0 atom stereocenters. The van der Waals surface area contributed by atoms with E-state index < -0.39 is 52.8 Å². The van der Waals surface area contributed by atoms with Crippen LogP contribution in [0.3, 0.4) is 0 Å². The van der Waals surface area contributed by atoms with Crippen molar-refractivity contribution in [2.24, 2.45) is 17.8 Å². The molecule has 13 heteroatoms. The van der Waals surface area contributed by atoms with Crippen molar-refractivity contribution in [1.29, 1.82) is 0 Å². The van der Waals surface area contributed by atoms with Crippen molar-refractivity contribution in [3.05, 3.63) is 58.7 Å². The molecular formula is C28H27F9O4. The highest BCUT2D eigenvalue weighted by molar-refractivity contribution is 5.37. The van der Waals surface area contributed by atoms with Crippen molar-refractivity contribution in [2.75, 3.05) is 13.2 Å². The summed E-state index contributed by atoms with van der Waals surface area (Å²) in [6.45, 7) is 1.29. The Hall–Kier alpha value is -2.67. The van der Waals surface area contributed by atoms with Crippen molar-refractivity contribution in [2.45, 2.75) is 69.6 Å². The SMILES string of the molecule is Fc1cc(OC(F)(F)c2c(F)cc(C3CCC(C4OCC(C5CCC5)CO4)CC3)cc2F)cc(F)c1OC(F)(F)F. The molecule has 0 aromatic heterocycles. The summed E-state index contributed by atoms with van der Waals surface area (Å²) in [6.07, 6.45) is -4.59. The van der Waals surface area contributed by atoms with E-state index in [1.54, 1.807) is 0 Å². The van der Waals surface area contributed by atoms with Crippen LogP contribution in [0.15, 0.2) is 24.3 Å². The highest BCUT2D eigenvalue weighted by atomic mass is 19.4. The van der Waals surface area contributed by atoms with Gasteiger partial charge in [0.1, 0.15) is 22.9 Å². The van der Waals surface area contributed by atoms with Gasteiger partial charge in [-0.1, -0.05) is 19.3 Å². The average molecular weight is 599 g/mol. The molecule has 0 unspecified atom stereocenters. The van der Waals surface area contributed by atoms with E-state index in [2.05, 4.69) is 9.47 Å². The van der Waals surface area contributed by atoms with Gasteiger partial charge in [0.15, 0.2) is 17.9 Å². The van der Waals surface area contributed by atoms with Gasteiger partial charge < -0.3 is 18.9 Å². The molecule has 3 aliphatic rings. The Morgan fingerprint density at radius 3 is 1.68 bits per heavy atom. The minimum Gasteiger partial charge on any atom is -0.429 e. The predicted molar refractivity (Wildman–Crippen MR) is 125 cm³/mol. The molecular weight excluding hydrogens is 571 g/mol. The van der Waals surface area contributed by atoms with E-state index >= 15 is 0 Å². The van der Waals surface area contributed by atoms with E-state index in [1.165, 1.54) is 19.3 Å². The van der Waals surface area contributed by atoms with Gasteiger partial charge in [0, 0.05) is 24.0 Å². The first-order chi connectivity index (χ1) is 19.3. The van der Waals surface area contributed by atoms with Crippen LogP contribution in [-0.4, -0.2) is 25.9 Å². The van der Waals surface area contributed by atoms with Crippen LogP contribution < -0.4 is 9.47 Å². The molecule has 3 fully saturated rings. The van der Waals surface area contributed by atoms with Crippen molar-refractivity contribution in [1.82, 2.24) is 0 Å². The minimum atomic E-state index is -5.46. The van der Waals surface area contributed by atoms with Crippen LogP contribution in [0.2, 0.25) is 0 Å². The normalized spacial score (nSPS) is 26.0. The first-order valence-electron chi connectivity index (χ1n) is 13.3. The van der Waals surface area contributed by atoms with Gasteiger partial charge in [-0.25, -0.2) is 17.6 Å². The zero-order chi connectivity index (χ0) is 29.5. The summed E-state index contributed by atoms with van der Waals surface area (Å²) in [5.41, 5.74) is -1.64. The lowest BCUT2D eigenvalue weighted by Crippen LogP contribution is -2.42. The van der Waals surface area contributed by atoms with Gasteiger partial charge in [-0.05, 0) is 55.2 Å². The molecule has 0 amide bonds. The van der Waals surface area contributed by atoms with Crippen LogP contribution in [0.5, 0.6) is 11.5 Å². The third-order valence-electron chi connectivity index (χ3n) is 8.18. The highest BCUT2D eigenvalue weighted by Gasteiger charge is 2.43. The zero-order valence-corrected chi connectivity index (χ0v) is 21.6. The number of rotatable bonds is 7. The molecule has 2 aromatic carbocycles. The first-order valence-corrected chi connectivity index (χ1v) is 13.3. The summed E-state index contributed by atoms with van der Waals surface area (Å²) >= 11 is 0. The lowest BCUT2D eigenvalue weighted by molar-refractivity contribution is -0.276. The summed E-state index contributed by atoms with van der Waals surface area (Å²) in [4.78, 5) is 0. The van der Waals surface area contributed by atoms with Crippen molar-refractivity contribution in [3.8, 4) is 11.5 Å². The number of benzene rings is 2. The first kappa shape index (κ1) is 29.8. The average Bonchev–Trinajstić information content (AvgIpc) is 2.84. The second-order valence-electron chi connectivity index (χ2n) is 10.8. The fraction of sp³-hybridized carbons (Fsp3) is 0.571. The molecule has 2 aromatic rings. The summed E-state index contributed by atoms with van der Waals surface area (Å²) in [5, 5.41) is 0. The summed E-state index contributed by atoms with van der Waals surface area (Å²) in [5.74, 6) is -9.68. The lowest BCUT2D eigenvalue weighted by atomic mass is 9.75. The Kier molecular flexibility index (Phi) is 8.39. The topological polar surface area (TPSA) is 36.9 Å². The van der Waals surface area contributed by atoms with Gasteiger partial charge in [-0.15, -0.1) is 13.2 Å². The third-order valence-corrected chi connectivity index (χ3v) is 8.18. The van der Waals surface area contributed by atoms with E-state index in [1.807, 2.05) is 0 Å². The van der Waals surface area contributed by atoms with E-state index in [0.717, 1.165) is 12.1 Å². The molecule has 0 N–H and O–H groups in total. The Bertz CT molecular complexity index is 1190. The second kappa shape index (κ2) is 11.5. The number of alkyl halides is 5. The van der Waals surface area contributed by atoms with Gasteiger partial charge in [0.2, 0.25) is 5.75 Å². The Morgan fingerprint density at radius 1 is 0.634 bits per heavy atom. The molecule has 1 saturated heterocycles. The number of halogens is 9. The van der Waals surface area contributed by atoms with Crippen molar-refractivity contribution in [3.63, 3.8) is 0 Å². The molecule has 41 heavy (non-hydrogen) atoms. The van der Waals surface area contributed by atoms with E-state index in [9.17, 15) is 39.5 Å². The third kappa shape index (κ3) is 6.71. The maximum atomic E-state index is 14.8. The molecule has 226 valence electrons. The zero-order valence-electron chi connectivity index (χ0n) is 21.6. The molecule has 1 aliphatic heterocycles. The maximum Gasteiger partial charge on any atom is 0.573 e. The summed E-state index contributed by atoms with van der Waals surface area (Å²) < 4.78 is 143. The monoisotopic (exact) mass is 598 g/mol. The fourth-order valence-corrected chi connectivity index (χ4v) is 5.83. The molecule has 2 saturated carbocycles. The summed E-state index contributed by atoms with van der Waals surface area (Å²) in [6, 6.07) is 1.49. The highest BCUT2D eigenvalue weighted by Crippen LogP contribution is 2.43. The minimum absolute atomic E-state index is 0.0199. The number of hydrogen-bond donors (Lipinski definition) is 0. The van der Waals surface area contributed by atoms with Crippen LogP contribution in [0.25, 0.3) is 0 Å². The Morgan fingerprint density at radius 2 is 1.20 bits per heavy atom. The van der Waals surface area contributed by atoms with Crippen molar-refractivity contribution < 1.29 is 58.5 Å². The van der Waals surface area contributed by atoms with E-state index in [-0.39, 0.29) is 35.8 Å². The van der Waals surface area contributed by atoms with Crippen LogP contribution in [0.1, 0.15) is 62.0 Å². The molecule has 0 spiro atoms. The smallest absolute Gasteiger partial charge is 0.429 e. The maximum absolute atomic E-state index is 14.8. The largest absolute Gasteiger partial charge is 0.573 e. The van der Waals surface area contributed by atoms with E-state index in [0.29, 0.717) is 50.7 Å². The van der Waals surface area contributed by atoms with Crippen LogP contribution in [0.4, 0.5) is 39.5 Å². The van der Waals surface area contributed by atoms with Crippen molar-refractivity contribution >= 4 is 0 Å². The van der Waals surface area contributed by atoms with Gasteiger partial charge in [-0.3, -0.25) is 0 Å². The number of ether oxygens (including phenoxy) is 4. The van der Waals surface area contributed by atoms with Gasteiger partial charge in [-0.2, -0.15) is 8.78 Å². The van der Waals surface area contributed by atoms with Gasteiger partial charge >= 0.3 is 12.5 Å². The quantitative estimate of drug-likeness (QED) is 0.301. The molecule has 5 rings (SSSR count). The Balaban J connectivity index is 1.22. The second-order valence-corrected chi connectivity index (χ2v) is 10.8. The molecule has 4 nitrogen and oxygen atoms in total. The van der Waals surface area contributed by atoms with Gasteiger partial charge in [0.25, 0.3) is 0 Å². The molecule has 0 bridgehead atoms. The fourth-order valence-electron chi connectivity index (χ4n) is 5.83. The van der Waals surface area contributed by atoms with Crippen LogP contribution in [-0.2, 0) is 15.6 Å². The molecule has 1 heterocycles. The van der Waals surface area contributed by atoms with E-state index in [4.69, 9.17) is 9.47 Å². The van der Waals surface area contributed by atoms with Crippen LogP contribution in [0, 0.1) is 41.0 Å².